The molecule has 0 atom stereocenters. The zero-order valence-electron chi connectivity index (χ0n) is 15.6. The summed E-state index contributed by atoms with van der Waals surface area (Å²) in [7, 11) is 0. The third kappa shape index (κ3) is 5.53. The largest absolute Gasteiger partial charge is 0.357 e. The number of aromatic nitrogens is 1. The summed E-state index contributed by atoms with van der Waals surface area (Å²) in [5, 5.41) is 7.70. The zero-order chi connectivity index (χ0) is 18.4. The Balaban J connectivity index is 2.05. The highest BCUT2D eigenvalue weighted by molar-refractivity contribution is 7.11. The molecule has 25 heavy (non-hydrogen) atoms. The van der Waals surface area contributed by atoms with E-state index in [-0.39, 0.29) is 11.2 Å². The van der Waals surface area contributed by atoms with Crippen LogP contribution in [-0.4, -0.2) is 24.0 Å². The summed E-state index contributed by atoms with van der Waals surface area (Å²) in [6.45, 7) is 12.3. The van der Waals surface area contributed by atoms with Crippen LogP contribution >= 0.6 is 11.3 Å². The molecule has 0 radical (unpaired) electrons. The van der Waals surface area contributed by atoms with Gasteiger partial charge in [-0.2, -0.15) is 0 Å². The van der Waals surface area contributed by atoms with Crippen molar-refractivity contribution in [1.29, 1.82) is 0 Å². The molecule has 0 aliphatic heterocycles. The summed E-state index contributed by atoms with van der Waals surface area (Å²) in [6.07, 6.45) is 0. The molecule has 2 aromatic rings. The molecule has 1 aromatic carbocycles. The van der Waals surface area contributed by atoms with E-state index in [9.17, 15) is 4.39 Å². The Morgan fingerprint density at radius 1 is 1.28 bits per heavy atom. The van der Waals surface area contributed by atoms with Gasteiger partial charge in [-0.3, -0.25) is 0 Å². The van der Waals surface area contributed by atoms with E-state index in [1.54, 1.807) is 23.5 Å². The lowest BCUT2D eigenvalue weighted by Crippen LogP contribution is -2.43. The first-order valence-electron chi connectivity index (χ1n) is 8.53. The summed E-state index contributed by atoms with van der Waals surface area (Å²) < 4.78 is 13.5. The van der Waals surface area contributed by atoms with Crippen molar-refractivity contribution >= 4 is 17.3 Å². The van der Waals surface area contributed by atoms with E-state index in [1.165, 1.54) is 10.9 Å². The minimum atomic E-state index is -0.213. The van der Waals surface area contributed by atoms with Crippen molar-refractivity contribution in [1.82, 2.24) is 15.6 Å². The molecule has 0 saturated carbocycles. The second kappa shape index (κ2) is 8.43. The SMILES string of the molecule is CCNC(=NCc1sc(C)nc1C)NCC(C)(C)c1cccc(F)c1. The molecule has 0 spiro atoms. The van der Waals surface area contributed by atoms with Crippen molar-refractivity contribution in [2.75, 3.05) is 13.1 Å². The Morgan fingerprint density at radius 3 is 2.64 bits per heavy atom. The predicted octanol–water partition coefficient (Wildman–Crippen LogP) is 3.93. The number of benzene rings is 1. The number of hydrogen-bond acceptors (Lipinski definition) is 3. The fraction of sp³-hybridized carbons (Fsp3) is 0.474. The van der Waals surface area contributed by atoms with Gasteiger partial charge in [-0.05, 0) is 38.5 Å². The quantitative estimate of drug-likeness (QED) is 0.605. The molecule has 0 aliphatic carbocycles. The fourth-order valence-corrected chi connectivity index (χ4v) is 3.39. The molecular formula is C19H27FN4S. The molecular weight excluding hydrogens is 335 g/mol. The Hall–Kier alpha value is -1.95. The van der Waals surface area contributed by atoms with Gasteiger partial charge in [0, 0.05) is 23.4 Å². The number of aliphatic imine (C=N–C) groups is 1. The van der Waals surface area contributed by atoms with Crippen molar-refractivity contribution in [3.8, 4) is 0 Å². The summed E-state index contributed by atoms with van der Waals surface area (Å²) >= 11 is 1.68. The molecule has 1 aromatic heterocycles. The van der Waals surface area contributed by atoms with Crippen molar-refractivity contribution in [2.24, 2.45) is 4.99 Å². The number of nitrogens with zero attached hydrogens (tertiary/aromatic N) is 2. The van der Waals surface area contributed by atoms with Gasteiger partial charge in [0.1, 0.15) is 5.82 Å². The van der Waals surface area contributed by atoms with Gasteiger partial charge in [-0.1, -0.05) is 26.0 Å². The maximum atomic E-state index is 13.5. The van der Waals surface area contributed by atoms with E-state index in [0.29, 0.717) is 13.1 Å². The molecule has 2 N–H and O–H groups in total. The monoisotopic (exact) mass is 362 g/mol. The molecule has 4 nitrogen and oxygen atoms in total. The summed E-state index contributed by atoms with van der Waals surface area (Å²) in [5.74, 6) is 0.555. The number of aryl methyl sites for hydroxylation is 2. The maximum Gasteiger partial charge on any atom is 0.191 e. The molecule has 0 unspecified atom stereocenters. The molecule has 6 heteroatoms. The predicted molar refractivity (Wildman–Crippen MR) is 104 cm³/mol. The number of halogens is 1. The molecule has 1 heterocycles. The first-order valence-corrected chi connectivity index (χ1v) is 9.34. The van der Waals surface area contributed by atoms with Crippen LogP contribution in [0, 0.1) is 19.7 Å². The molecule has 0 saturated heterocycles. The highest BCUT2D eigenvalue weighted by atomic mass is 32.1. The second-order valence-corrected chi connectivity index (χ2v) is 7.97. The first kappa shape index (κ1) is 19.4. The van der Waals surface area contributed by atoms with Crippen molar-refractivity contribution in [2.45, 2.75) is 46.6 Å². The van der Waals surface area contributed by atoms with E-state index in [2.05, 4.69) is 34.5 Å². The van der Waals surface area contributed by atoms with Crippen LogP contribution < -0.4 is 10.6 Å². The van der Waals surface area contributed by atoms with E-state index in [1.807, 2.05) is 26.8 Å². The van der Waals surface area contributed by atoms with Crippen LogP contribution in [0.15, 0.2) is 29.3 Å². The third-order valence-corrected chi connectivity index (χ3v) is 5.09. The number of thiazole rings is 1. The fourth-order valence-electron chi connectivity index (χ4n) is 2.53. The van der Waals surface area contributed by atoms with E-state index >= 15 is 0 Å². The van der Waals surface area contributed by atoms with Crippen LogP contribution in [0.2, 0.25) is 0 Å². The lowest BCUT2D eigenvalue weighted by atomic mass is 9.84. The van der Waals surface area contributed by atoms with E-state index in [4.69, 9.17) is 0 Å². The van der Waals surface area contributed by atoms with Gasteiger partial charge in [0.2, 0.25) is 0 Å². The van der Waals surface area contributed by atoms with Gasteiger partial charge < -0.3 is 10.6 Å². The average Bonchev–Trinajstić information content (AvgIpc) is 2.88. The summed E-state index contributed by atoms with van der Waals surface area (Å²) in [5.41, 5.74) is 1.79. The van der Waals surface area contributed by atoms with Crippen LogP contribution in [0.5, 0.6) is 0 Å². The van der Waals surface area contributed by atoms with Gasteiger partial charge in [-0.25, -0.2) is 14.4 Å². The molecule has 0 bridgehead atoms. The zero-order valence-corrected chi connectivity index (χ0v) is 16.4. The minimum absolute atomic E-state index is 0.206. The normalized spacial score (nSPS) is 12.3. The lowest BCUT2D eigenvalue weighted by Gasteiger charge is -2.26. The molecule has 0 amide bonds. The number of rotatable bonds is 6. The molecule has 2 rings (SSSR count). The molecule has 0 fully saturated rings. The topological polar surface area (TPSA) is 49.3 Å². The Kier molecular flexibility index (Phi) is 6.53. The van der Waals surface area contributed by atoms with Crippen LogP contribution in [0.25, 0.3) is 0 Å². The highest BCUT2D eigenvalue weighted by Crippen LogP contribution is 2.23. The third-order valence-electron chi connectivity index (χ3n) is 4.03. The van der Waals surface area contributed by atoms with Gasteiger partial charge in [0.15, 0.2) is 5.96 Å². The van der Waals surface area contributed by atoms with Gasteiger partial charge in [0.25, 0.3) is 0 Å². The first-order chi connectivity index (χ1) is 11.8. The number of guanidine groups is 1. The van der Waals surface area contributed by atoms with Gasteiger partial charge >= 0.3 is 0 Å². The number of nitrogens with one attached hydrogen (secondary N) is 2. The Labute approximate surface area is 153 Å². The van der Waals surface area contributed by atoms with Crippen LogP contribution in [-0.2, 0) is 12.0 Å². The lowest BCUT2D eigenvalue weighted by molar-refractivity contribution is 0.503. The highest BCUT2D eigenvalue weighted by Gasteiger charge is 2.21. The van der Waals surface area contributed by atoms with Crippen LogP contribution in [0.3, 0.4) is 0 Å². The molecule has 0 aliphatic rings. The maximum absolute atomic E-state index is 13.5. The smallest absolute Gasteiger partial charge is 0.191 e. The molecule has 136 valence electrons. The Morgan fingerprint density at radius 2 is 2.04 bits per heavy atom. The van der Waals surface area contributed by atoms with Crippen molar-refractivity contribution in [3.05, 3.63) is 51.2 Å². The summed E-state index contributed by atoms with van der Waals surface area (Å²) in [4.78, 5) is 10.3. The van der Waals surface area contributed by atoms with E-state index < -0.39 is 0 Å². The van der Waals surface area contributed by atoms with E-state index in [0.717, 1.165) is 28.8 Å². The standard InChI is InChI=1S/C19H27FN4S/c1-6-21-18(22-11-17-13(2)24-14(3)25-17)23-12-19(4,5)15-8-7-9-16(20)10-15/h7-10H,6,11-12H2,1-5H3,(H2,21,22,23). The van der Waals surface area contributed by atoms with Gasteiger partial charge in [0.05, 0.1) is 17.2 Å². The van der Waals surface area contributed by atoms with Crippen molar-refractivity contribution < 1.29 is 4.39 Å². The minimum Gasteiger partial charge on any atom is -0.357 e. The van der Waals surface area contributed by atoms with Crippen LogP contribution in [0.4, 0.5) is 4.39 Å². The number of hydrogen-bond donors (Lipinski definition) is 2. The second-order valence-electron chi connectivity index (χ2n) is 6.68. The van der Waals surface area contributed by atoms with Crippen molar-refractivity contribution in [3.63, 3.8) is 0 Å². The van der Waals surface area contributed by atoms with Crippen LogP contribution in [0.1, 0.15) is 41.9 Å². The Bertz CT molecular complexity index is 737. The average molecular weight is 363 g/mol. The van der Waals surface area contributed by atoms with Gasteiger partial charge in [-0.15, -0.1) is 11.3 Å². The summed E-state index contributed by atoms with van der Waals surface area (Å²) in [6, 6.07) is 6.77.